The molecule has 1 aromatic carbocycles. The fourth-order valence-electron chi connectivity index (χ4n) is 4.38. The lowest BCUT2D eigenvalue weighted by Gasteiger charge is -2.32. The first-order chi connectivity index (χ1) is 16.0. The summed E-state index contributed by atoms with van der Waals surface area (Å²) in [6, 6.07) is 11.0. The van der Waals surface area contributed by atoms with Gasteiger partial charge in [-0.2, -0.15) is 5.10 Å². The van der Waals surface area contributed by atoms with Gasteiger partial charge in [0.15, 0.2) is 5.43 Å². The molecule has 7 nitrogen and oxygen atoms in total. The number of pyridine rings is 2. The van der Waals surface area contributed by atoms with E-state index in [4.69, 9.17) is 16.7 Å². The maximum absolute atomic E-state index is 12.2. The summed E-state index contributed by atoms with van der Waals surface area (Å²) in [5.74, 6) is -0.0674. The monoisotopic (exact) mass is 459 g/mol. The minimum atomic E-state index is -0.0674. The van der Waals surface area contributed by atoms with Crippen molar-refractivity contribution in [2.75, 3.05) is 13.1 Å². The molecule has 8 heteroatoms. The third-order valence-electron chi connectivity index (χ3n) is 6.03. The molecule has 1 atom stereocenters. The Morgan fingerprint density at radius 1 is 1.12 bits per heavy atom. The van der Waals surface area contributed by atoms with E-state index in [1.54, 1.807) is 24.8 Å². The second-order valence-corrected chi connectivity index (χ2v) is 8.49. The van der Waals surface area contributed by atoms with Gasteiger partial charge < -0.3 is 9.47 Å². The molecule has 1 fully saturated rings. The van der Waals surface area contributed by atoms with Gasteiger partial charge in [-0.15, -0.1) is 0 Å². The summed E-state index contributed by atoms with van der Waals surface area (Å²) >= 11 is 6.58. The van der Waals surface area contributed by atoms with Gasteiger partial charge in [-0.3, -0.25) is 19.3 Å². The molecule has 1 aliphatic heterocycles. The van der Waals surface area contributed by atoms with E-state index in [2.05, 4.69) is 11.6 Å². The molecule has 1 saturated heterocycles. The average molecular weight is 460 g/mol. The highest BCUT2D eigenvalue weighted by molar-refractivity contribution is 6.35. The lowest BCUT2D eigenvalue weighted by atomic mass is 10.1. The Bertz CT molecular complexity index is 1390. The van der Waals surface area contributed by atoms with E-state index in [1.807, 2.05) is 38.4 Å². The molecule has 0 N–H and O–H groups in total. The Kier molecular flexibility index (Phi) is 5.56. The molecule has 166 valence electrons. The second-order valence-electron chi connectivity index (χ2n) is 8.08. The number of rotatable bonds is 4. The Labute approximate surface area is 195 Å². The van der Waals surface area contributed by atoms with Crippen LogP contribution in [0.3, 0.4) is 0 Å². The highest BCUT2D eigenvalue weighted by Crippen LogP contribution is 2.35. The predicted molar refractivity (Wildman–Crippen MR) is 129 cm³/mol. The van der Waals surface area contributed by atoms with Gasteiger partial charge in [-0.25, -0.2) is 0 Å². The van der Waals surface area contributed by atoms with Crippen LogP contribution < -0.4 is 5.43 Å². The molecule has 0 spiro atoms. The van der Waals surface area contributed by atoms with Crippen LogP contribution in [-0.2, 0) is 4.79 Å². The van der Waals surface area contributed by atoms with Gasteiger partial charge in [0, 0.05) is 66.6 Å². The summed E-state index contributed by atoms with van der Waals surface area (Å²) < 4.78 is 3.83. The van der Waals surface area contributed by atoms with Crippen LogP contribution >= 0.6 is 11.6 Å². The van der Waals surface area contributed by atoms with Crippen LogP contribution in [0.4, 0.5) is 0 Å². The smallest absolute Gasteiger partial charge is 0.246 e. The molecule has 5 rings (SSSR count). The fourth-order valence-corrected chi connectivity index (χ4v) is 4.63. The third-order valence-corrected chi connectivity index (χ3v) is 6.31. The van der Waals surface area contributed by atoms with Crippen molar-refractivity contribution in [3.8, 4) is 16.9 Å². The number of nitrogens with zero attached hydrogens (tertiary/aromatic N) is 5. The molecule has 4 aromatic rings. The van der Waals surface area contributed by atoms with Crippen LogP contribution in [0.1, 0.15) is 18.9 Å². The highest BCUT2D eigenvalue weighted by atomic mass is 35.5. The number of halogens is 1. The standard InChI is InChI=1S/C25H22ClN5O2/c1-2-23(33)30-11-3-4-19(16-30)31-25-21(14-27-15-22(25)26)24(28-31)17-5-7-18(8-6-17)29-12-9-20(32)10-13-29/h2,5-10,12-15,19H,1,3-4,11,16H2. The van der Waals surface area contributed by atoms with E-state index in [9.17, 15) is 9.59 Å². The van der Waals surface area contributed by atoms with E-state index >= 15 is 0 Å². The molecule has 0 aliphatic carbocycles. The molecule has 1 amide bonds. The Hall–Kier alpha value is -3.71. The number of amides is 1. The van der Waals surface area contributed by atoms with Gasteiger partial charge in [-0.05, 0) is 31.1 Å². The summed E-state index contributed by atoms with van der Waals surface area (Å²) in [5, 5.41) is 6.36. The molecule has 1 aliphatic rings. The number of hydrogen-bond acceptors (Lipinski definition) is 4. The van der Waals surface area contributed by atoms with Crippen LogP contribution in [0.25, 0.3) is 27.8 Å². The lowest BCUT2D eigenvalue weighted by Crippen LogP contribution is -2.40. The molecule has 4 heterocycles. The Morgan fingerprint density at radius 2 is 1.88 bits per heavy atom. The van der Waals surface area contributed by atoms with E-state index in [-0.39, 0.29) is 17.4 Å². The summed E-state index contributed by atoms with van der Waals surface area (Å²) in [4.78, 5) is 29.7. The highest BCUT2D eigenvalue weighted by Gasteiger charge is 2.27. The van der Waals surface area contributed by atoms with E-state index in [1.165, 1.54) is 18.2 Å². The number of carbonyl (C=O) groups excluding carboxylic acids is 1. The van der Waals surface area contributed by atoms with Crippen molar-refractivity contribution in [3.63, 3.8) is 0 Å². The zero-order valence-corrected chi connectivity index (χ0v) is 18.7. The predicted octanol–water partition coefficient (Wildman–Crippen LogP) is 4.25. The minimum Gasteiger partial charge on any atom is -0.337 e. The van der Waals surface area contributed by atoms with Crippen molar-refractivity contribution >= 4 is 28.4 Å². The molecule has 33 heavy (non-hydrogen) atoms. The number of benzene rings is 1. The maximum atomic E-state index is 12.2. The maximum Gasteiger partial charge on any atom is 0.246 e. The number of piperidine rings is 1. The van der Waals surface area contributed by atoms with Crippen molar-refractivity contribution in [2.24, 2.45) is 0 Å². The quantitative estimate of drug-likeness (QED) is 0.427. The van der Waals surface area contributed by atoms with Crippen molar-refractivity contribution in [1.29, 1.82) is 0 Å². The van der Waals surface area contributed by atoms with E-state index < -0.39 is 0 Å². The van der Waals surface area contributed by atoms with Crippen LogP contribution in [-0.4, -0.2) is 43.2 Å². The molecule has 3 aromatic heterocycles. The van der Waals surface area contributed by atoms with Gasteiger partial charge in [0.05, 0.1) is 16.6 Å². The van der Waals surface area contributed by atoms with Gasteiger partial charge in [0.1, 0.15) is 5.69 Å². The molecule has 1 unspecified atom stereocenters. The summed E-state index contributed by atoms with van der Waals surface area (Å²) in [6.07, 6.45) is 10.0. The van der Waals surface area contributed by atoms with E-state index in [0.717, 1.165) is 47.2 Å². The van der Waals surface area contributed by atoms with Crippen molar-refractivity contribution in [2.45, 2.75) is 18.9 Å². The first kappa shape index (κ1) is 21.2. The van der Waals surface area contributed by atoms with Gasteiger partial charge in [0.25, 0.3) is 0 Å². The molecular weight excluding hydrogens is 438 g/mol. The number of likely N-dealkylation sites (tertiary alicyclic amines) is 1. The van der Waals surface area contributed by atoms with Crippen molar-refractivity contribution in [1.82, 2.24) is 24.2 Å². The van der Waals surface area contributed by atoms with Gasteiger partial charge >= 0.3 is 0 Å². The molecular formula is C25H22ClN5O2. The average Bonchev–Trinajstić information content (AvgIpc) is 3.25. The molecule has 0 bridgehead atoms. The van der Waals surface area contributed by atoms with Gasteiger partial charge in [0.2, 0.25) is 5.91 Å². The number of fused-ring (bicyclic) bond motifs is 1. The van der Waals surface area contributed by atoms with Crippen LogP contribution in [0.2, 0.25) is 5.02 Å². The zero-order chi connectivity index (χ0) is 22.9. The molecule has 0 radical (unpaired) electrons. The first-order valence-electron chi connectivity index (χ1n) is 10.8. The fraction of sp³-hybridized carbons (Fsp3) is 0.200. The Balaban J connectivity index is 1.55. The zero-order valence-electron chi connectivity index (χ0n) is 17.9. The minimum absolute atomic E-state index is 0.0132. The topological polar surface area (TPSA) is 73.0 Å². The number of hydrogen-bond donors (Lipinski definition) is 0. The first-order valence-corrected chi connectivity index (χ1v) is 11.1. The number of carbonyl (C=O) groups is 1. The Morgan fingerprint density at radius 3 is 2.61 bits per heavy atom. The SMILES string of the molecule is C=CC(=O)N1CCCC(n2nc(-c3ccc(-n4ccc(=O)cc4)cc3)c3cncc(Cl)c32)C1. The normalized spacial score (nSPS) is 16.2. The number of aromatic nitrogens is 4. The summed E-state index contributed by atoms with van der Waals surface area (Å²) in [6.45, 7) is 4.89. The van der Waals surface area contributed by atoms with Crippen LogP contribution in [0.15, 0.2) is 78.6 Å². The van der Waals surface area contributed by atoms with Crippen molar-refractivity contribution in [3.05, 3.63) is 89.1 Å². The second kappa shape index (κ2) is 8.67. The van der Waals surface area contributed by atoms with Crippen LogP contribution in [0, 0.1) is 0 Å². The van der Waals surface area contributed by atoms with E-state index in [0.29, 0.717) is 11.6 Å². The largest absolute Gasteiger partial charge is 0.337 e. The van der Waals surface area contributed by atoms with Crippen LogP contribution in [0.5, 0.6) is 0 Å². The van der Waals surface area contributed by atoms with Crippen molar-refractivity contribution < 1.29 is 4.79 Å². The molecule has 0 saturated carbocycles. The summed E-state index contributed by atoms with van der Waals surface area (Å²) in [5.41, 5.74) is 3.45. The van der Waals surface area contributed by atoms with Gasteiger partial charge in [-0.1, -0.05) is 30.3 Å². The lowest BCUT2D eigenvalue weighted by molar-refractivity contribution is -0.127. The third kappa shape index (κ3) is 3.96. The summed E-state index contributed by atoms with van der Waals surface area (Å²) in [7, 11) is 0.